The van der Waals surface area contributed by atoms with Gasteiger partial charge in [-0.05, 0) is 53.8 Å². The Balaban J connectivity index is 1.73. The zero-order valence-corrected chi connectivity index (χ0v) is 18.5. The molecule has 2 aromatic rings. The van der Waals surface area contributed by atoms with Crippen molar-refractivity contribution in [3.8, 4) is 0 Å². The molecule has 1 aliphatic heterocycles. The van der Waals surface area contributed by atoms with Gasteiger partial charge in [0.15, 0.2) is 0 Å². The van der Waals surface area contributed by atoms with Gasteiger partial charge in [0.1, 0.15) is 11.9 Å². The molecule has 0 bridgehead atoms. The predicted octanol–water partition coefficient (Wildman–Crippen LogP) is 2.35. The third-order valence-electron chi connectivity index (χ3n) is 5.25. The Kier molecular flexibility index (Phi) is 6.76. The maximum Gasteiger partial charge on any atom is 0.241 e. The monoisotopic (exact) mass is 447 g/mol. The maximum absolute atomic E-state index is 13.0. The number of carbonyl (C=O) groups is 2. The van der Waals surface area contributed by atoms with Gasteiger partial charge in [-0.15, -0.1) is 0 Å². The quantitative estimate of drug-likeness (QED) is 0.681. The highest BCUT2D eigenvalue weighted by Gasteiger charge is 2.30. The van der Waals surface area contributed by atoms with E-state index in [1.54, 1.807) is 43.0 Å². The number of amides is 2. The highest BCUT2D eigenvalue weighted by molar-refractivity contribution is 7.89. The van der Waals surface area contributed by atoms with Gasteiger partial charge in [0.25, 0.3) is 0 Å². The highest BCUT2D eigenvalue weighted by atomic mass is 32.2. The maximum atomic E-state index is 13.0. The zero-order chi connectivity index (χ0) is 22.8. The van der Waals surface area contributed by atoms with Gasteiger partial charge in [-0.1, -0.05) is 26.0 Å². The van der Waals surface area contributed by atoms with E-state index in [0.29, 0.717) is 24.2 Å². The Labute approximate surface area is 181 Å². The van der Waals surface area contributed by atoms with Gasteiger partial charge in [0.2, 0.25) is 21.8 Å². The van der Waals surface area contributed by atoms with Crippen LogP contribution < -0.4 is 14.9 Å². The lowest BCUT2D eigenvalue weighted by Crippen LogP contribution is -2.49. The fraction of sp³-hybridized carbons (Fsp3) is 0.364. The summed E-state index contributed by atoms with van der Waals surface area (Å²) in [6.45, 7) is 5.64. The predicted molar refractivity (Wildman–Crippen MR) is 115 cm³/mol. The van der Waals surface area contributed by atoms with Crippen LogP contribution in [0.4, 0.5) is 10.1 Å². The zero-order valence-electron chi connectivity index (χ0n) is 17.7. The first-order chi connectivity index (χ1) is 14.6. The molecule has 0 radical (unpaired) electrons. The summed E-state index contributed by atoms with van der Waals surface area (Å²) < 4.78 is 41.5. The van der Waals surface area contributed by atoms with Gasteiger partial charge >= 0.3 is 0 Å². The number of hydrogen-bond acceptors (Lipinski definition) is 4. The number of fused-ring (bicyclic) bond motifs is 1. The summed E-state index contributed by atoms with van der Waals surface area (Å²) in [5.74, 6) is -1.23. The summed E-state index contributed by atoms with van der Waals surface area (Å²) in [6.07, 6.45) is 0.573. The van der Waals surface area contributed by atoms with Crippen LogP contribution in [0.3, 0.4) is 0 Å². The van der Waals surface area contributed by atoms with Crippen LogP contribution in [0, 0.1) is 11.7 Å². The van der Waals surface area contributed by atoms with E-state index in [9.17, 15) is 22.4 Å². The van der Waals surface area contributed by atoms with Crippen LogP contribution in [0.25, 0.3) is 0 Å². The van der Waals surface area contributed by atoms with Crippen molar-refractivity contribution in [2.75, 3.05) is 11.4 Å². The van der Waals surface area contributed by atoms with Crippen LogP contribution in [-0.2, 0) is 32.6 Å². The lowest BCUT2D eigenvalue weighted by atomic mass is 10.0. The Bertz CT molecular complexity index is 1080. The Morgan fingerprint density at radius 2 is 1.81 bits per heavy atom. The summed E-state index contributed by atoms with van der Waals surface area (Å²) in [7, 11) is -3.96. The minimum absolute atomic E-state index is 0.0497. The van der Waals surface area contributed by atoms with Gasteiger partial charge in [-0.3, -0.25) is 9.59 Å². The summed E-state index contributed by atoms with van der Waals surface area (Å²) in [6, 6.07) is 9.34. The lowest BCUT2D eigenvalue weighted by molar-refractivity contribution is -0.123. The van der Waals surface area contributed by atoms with E-state index in [0.717, 1.165) is 5.56 Å². The van der Waals surface area contributed by atoms with Crippen LogP contribution >= 0.6 is 0 Å². The number of nitrogens with one attached hydrogen (secondary N) is 2. The van der Waals surface area contributed by atoms with Gasteiger partial charge in [-0.25, -0.2) is 12.8 Å². The van der Waals surface area contributed by atoms with Crippen molar-refractivity contribution < 1.29 is 22.4 Å². The van der Waals surface area contributed by atoms with Gasteiger partial charge in [-0.2, -0.15) is 4.72 Å². The summed E-state index contributed by atoms with van der Waals surface area (Å²) in [4.78, 5) is 26.0. The SMILES string of the molecule is CC(=O)N1CCc2cc(S(=O)(=O)NC(C(=O)NCc3ccc(F)cc3)C(C)C)ccc21. The first kappa shape index (κ1) is 22.9. The van der Waals surface area contributed by atoms with E-state index in [-0.39, 0.29) is 29.1 Å². The molecule has 1 atom stereocenters. The second-order valence-electron chi connectivity index (χ2n) is 7.90. The Morgan fingerprint density at radius 1 is 1.13 bits per heavy atom. The van der Waals surface area contributed by atoms with Crippen molar-refractivity contribution in [1.29, 1.82) is 0 Å². The second kappa shape index (κ2) is 9.15. The van der Waals surface area contributed by atoms with E-state index < -0.39 is 22.0 Å². The van der Waals surface area contributed by atoms with E-state index in [1.165, 1.54) is 25.1 Å². The van der Waals surface area contributed by atoms with E-state index in [1.807, 2.05) is 0 Å². The molecule has 0 saturated heterocycles. The van der Waals surface area contributed by atoms with Crippen molar-refractivity contribution >= 4 is 27.5 Å². The smallest absolute Gasteiger partial charge is 0.241 e. The van der Waals surface area contributed by atoms with E-state index in [4.69, 9.17) is 0 Å². The molecule has 9 heteroatoms. The molecule has 31 heavy (non-hydrogen) atoms. The topological polar surface area (TPSA) is 95.6 Å². The number of rotatable bonds is 7. The van der Waals surface area contributed by atoms with Crippen molar-refractivity contribution in [3.05, 3.63) is 59.4 Å². The first-order valence-electron chi connectivity index (χ1n) is 10.0. The van der Waals surface area contributed by atoms with Crippen molar-refractivity contribution in [2.45, 2.75) is 44.7 Å². The fourth-order valence-corrected chi connectivity index (χ4v) is 4.90. The van der Waals surface area contributed by atoms with Crippen molar-refractivity contribution in [3.63, 3.8) is 0 Å². The van der Waals surface area contributed by atoms with Gasteiger partial charge < -0.3 is 10.2 Å². The first-order valence-corrected chi connectivity index (χ1v) is 11.5. The van der Waals surface area contributed by atoms with Crippen LogP contribution in [0.5, 0.6) is 0 Å². The Hall–Kier alpha value is -2.78. The molecule has 1 heterocycles. The third-order valence-corrected chi connectivity index (χ3v) is 6.69. The Morgan fingerprint density at radius 3 is 2.42 bits per heavy atom. The molecule has 0 spiro atoms. The number of halogens is 1. The largest absolute Gasteiger partial charge is 0.351 e. The minimum atomic E-state index is -3.96. The van der Waals surface area contributed by atoms with Gasteiger partial charge in [0, 0.05) is 25.7 Å². The lowest BCUT2D eigenvalue weighted by Gasteiger charge is -2.22. The van der Waals surface area contributed by atoms with Crippen LogP contribution in [0.15, 0.2) is 47.4 Å². The average Bonchev–Trinajstić information content (AvgIpc) is 3.15. The molecule has 0 aliphatic carbocycles. The summed E-state index contributed by atoms with van der Waals surface area (Å²) in [5, 5.41) is 2.70. The molecule has 0 saturated carbocycles. The van der Waals surface area contributed by atoms with E-state index >= 15 is 0 Å². The molecule has 3 rings (SSSR count). The summed E-state index contributed by atoms with van der Waals surface area (Å²) >= 11 is 0. The van der Waals surface area contributed by atoms with E-state index in [2.05, 4.69) is 10.0 Å². The number of nitrogens with zero attached hydrogens (tertiary/aromatic N) is 1. The number of benzene rings is 2. The molecule has 0 fully saturated rings. The second-order valence-corrected chi connectivity index (χ2v) is 9.61. The molecule has 1 aliphatic rings. The van der Waals surface area contributed by atoms with Crippen LogP contribution in [0.2, 0.25) is 0 Å². The molecule has 166 valence electrons. The van der Waals surface area contributed by atoms with Crippen LogP contribution in [-0.4, -0.2) is 32.8 Å². The normalized spacial score (nSPS) is 14.4. The average molecular weight is 448 g/mol. The van der Waals surface area contributed by atoms with Gasteiger partial charge in [0.05, 0.1) is 4.90 Å². The number of carbonyl (C=O) groups excluding carboxylic acids is 2. The molecule has 1 unspecified atom stereocenters. The molecular weight excluding hydrogens is 421 g/mol. The fourth-order valence-electron chi connectivity index (χ4n) is 3.50. The molecule has 7 nitrogen and oxygen atoms in total. The molecule has 0 aromatic heterocycles. The number of anilines is 1. The summed E-state index contributed by atoms with van der Waals surface area (Å²) in [5.41, 5.74) is 2.19. The molecular formula is C22H26FN3O4S. The highest BCUT2D eigenvalue weighted by Crippen LogP contribution is 2.30. The standard InChI is InChI=1S/C22H26FN3O4S/c1-14(2)21(22(28)24-13-16-4-6-18(23)7-5-16)25-31(29,30)19-8-9-20-17(12-19)10-11-26(20)15(3)27/h4-9,12,14,21,25H,10-11,13H2,1-3H3,(H,24,28). The number of hydrogen-bond donors (Lipinski definition) is 2. The van der Waals surface area contributed by atoms with Crippen molar-refractivity contribution in [2.24, 2.45) is 5.92 Å². The molecule has 2 aromatic carbocycles. The van der Waals surface area contributed by atoms with Crippen LogP contribution in [0.1, 0.15) is 31.9 Å². The number of sulfonamides is 1. The third kappa shape index (κ3) is 5.29. The molecule has 2 N–H and O–H groups in total. The minimum Gasteiger partial charge on any atom is -0.351 e. The van der Waals surface area contributed by atoms with Crippen molar-refractivity contribution in [1.82, 2.24) is 10.0 Å². The molecule has 2 amide bonds.